The number of hydrogen-bond acceptors (Lipinski definition) is 2. The summed E-state index contributed by atoms with van der Waals surface area (Å²) < 4.78 is 5.89. The van der Waals surface area contributed by atoms with Crippen molar-refractivity contribution in [3.05, 3.63) is 28.8 Å². The molecule has 1 aromatic carbocycles. The number of hydrogen-bond donors (Lipinski definition) is 1. The first kappa shape index (κ1) is 14.0. The maximum atomic E-state index is 5.89. The van der Waals surface area contributed by atoms with Crippen molar-refractivity contribution in [1.29, 1.82) is 0 Å². The van der Waals surface area contributed by atoms with Crippen LogP contribution < -0.4 is 10.5 Å². The van der Waals surface area contributed by atoms with Gasteiger partial charge in [-0.15, -0.1) is 0 Å². The summed E-state index contributed by atoms with van der Waals surface area (Å²) in [5, 5.41) is 0. The first-order chi connectivity index (χ1) is 8.02. The Morgan fingerprint density at radius 2 is 1.76 bits per heavy atom. The monoisotopic (exact) mass is 235 g/mol. The lowest BCUT2D eigenvalue weighted by Crippen LogP contribution is -2.14. The van der Waals surface area contributed by atoms with E-state index in [2.05, 4.69) is 39.8 Å². The fourth-order valence-corrected chi connectivity index (χ4v) is 1.89. The van der Waals surface area contributed by atoms with Gasteiger partial charge in [-0.25, -0.2) is 0 Å². The van der Waals surface area contributed by atoms with Gasteiger partial charge in [0.05, 0.1) is 6.61 Å². The Bertz CT molecular complexity index is 358. The van der Waals surface area contributed by atoms with Crippen molar-refractivity contribution < 1.29 is 4.74 Å². The number of unbranched alkanes of at least 4 members (excludes halogenated alkanes) is 1. The SMILES string of the molecule is Cc1ccc(C)c(OCCCCC(C)N)c1C. The summed E-state index contributed by atoms with van der Waals surface area (Å²) in [4.78, 5) is 0. The van der Waals surface area contributed by atoms with Crippen molar-refractivity contribution in [2.24, 2.45) is 5.73 Å². The molecule has 0 fully saturated rings. The highest BCUT2D eigenvalue weighted by atomic mass is 16.5. The maximum absolute atomic E-state index is 5.89. The molecule has 1 atom stereocenters. The summed E-state index contributed by atoms with van der Waals surface area (Å²) in [7, 11) is 0. The minimum absolute atomic E-state index is 0.303. The van der Waals surface area contributed by atoms with E-state index in [4.69, 9.17) is 10.5 Å². The fourth-order valence-electron chi connectivity index (χ4n) is 1.89. The number of benzene rings is 1. The lowest BCUT2D eigenvalue weighted by molar-refractivity contribution is 0.299. The van der Waals surface area contributed by atoms with E-state index in [0.717, 1.165) is 31.6 Å². The van der Waals surface area contributed by atoms with Crippen molar-refractivity contribution in [3.63, 3.8) is 0 Å². The Morgan fingerprint density at radius 1 is 1.12 bits per heavy atom. The van der Waals surface area contributed by atoms with Crippen LogP contribution in [0.3, 0.4) is 0 Å². The predicted octanol–water partition coefficient (Wildman–Crippen LogP) is 3.51. The van der Waals surface area contributed by atoms with E-state index < -0.39 is 0 Å². The summed E-state index contributed by atoms with van der Waals surface area (Å²) in [6, 6.07) is 4.57. The van der Waals surface area contributed by atoms with Crippen molar-refractivity contribution in [1.82, 2.24) is 0 Å². The highest BCUT2D eigenvalue weighted by Crippen LogP contribution is 2.25. The quantitative estimate of drug-likeness (QED) is 0.766. The van der Waals surface area contributed by atoms with Crippen LogP contribution in [-0.2, 0) is 0 Å². The summed E-state index contributed by atoms with van der Waals surface area (Å²) in [6.07, 6.45) is 3.30. The van der Waals surface area contributed by atoms with Crippen molar-refractivity contribution in [2.45, 2.75) is 53.0 Å². The van der Waals surface area contributed by atoms with E-state index in [-0.39, 0.29) is 0 Å². The van der Waals surface area contributed by atoms with Crippen LogP contribution >= 0.6 is 0 Å². The third-order valence-electron chi connectivity index (χ3n) is 3.17. The average molecular weight is 235 g/mol. The Balaban J connectivity index is 2.44. The molecule has 0 bridgehead atoms. The van der Waals surface area contributed by atoms with Gasteiger partial charge in [-0.05, 0) is 63.6 Å². The molecule has 2 heteroatoms. The molecule has 0 saturated heterocycles. The molecule has 0 saturated carbocycles. The summed E-state index contributed by atoms with van der Waals surface area (Å²) in [6.45, 7) is 9.19. The van der Waals surface area contributed by atoms with E-state index in [0.29, 0.717) is 6.04 Å². The highest BCUT2D eigenvalue weighted by molar-refractivity contribution is 5.44. The molecular formula is C15H25NO. The minimum Gasteiger partial charge on any atom is -0.493 e. The van der Waals surface area contributed by atoms with Crippen molar-refractivity contribution >= 4 is 0 Å². The van der Waals surface area contributed by atoms with Crippen molar-refractivity contribution in [3.8, 4) is 5.75 Å². The predicted molar refractivity (Wildman–Crippen MR) is 73.6 cm³/mol. The second-order valence-electron chi connectivity index (χ2n) is 4.98. The molecule has 17 heavy (non-hydrogen) atoms. The van der Waals surface area contributed by atoms with Crippen LogP contribution in [-0.4, -0.2) is 12.6 Å². The van der Waals surface area contributed by atoms with Crippen LogP contribution in [0.4, 0.5) is 0 Å². The number of aryl methyl sites for hydroxylation is 2. The molecule has 0 aliphatic rings. The molecule has 2 N–H and O–H groups in total. The zero-order valence-corrected chi connectivity index (χ0v) is 11.5. The molecule has 1 aromatic rings. The van der Waals surface area contributed by atoms with Gasteiger partial charge in [0.15, 0.2) is 0 Å². The zero-order valence-electron chi connectivity index (χ0n) is 11.5. The van der Waals surface area contributed by atoms with Gasteiger partial charge >= 0.3 is 0 Å². The lowest BCUT2D eigenvalue weighted by atomic mass is 10.1. The van der Waals surface area contributed by atoms with Crippen LogP contribution in [0, 0.1) is 20.8 Å². The van der Waals surface area contributed by atoms with Gasteiger partial charge in [0.25, 0.3) is 0 Å². The average Bonchev–Trinajstić information content (AvgIpc) is 2.27. The van der Waals surface area contributed by atoms with Gasteiger partial charge in [-0.3, -0.25) is 0 Å². The van der Waals surface area contributed by atoms with Crippen molar-refractivity contribution in [2.75, 3.05) is 6.61 Å². The van der Waals surface area contributed by atoms with Gasteiger partial charge < -0.3 is 10.5 Å². The van der Waals surface area contributed by atoms with E-state index in [1.165, 1.54) is 16.7 Å². The van der Waals surface area contributed by atoms with E-state index >= 15 is 0 Å². The number of rotatable bonds is 6. The molecule has 1 unspecified atom stereocenters. The summed E-state index contributed by atoms with van der Waals surface area (Å²) >= 11 is 0. The van der Waals surface area contributed by atoms with E-state index in [9.17, 15) is 0 Å². The molecule has 2 nitrogen and oxygen atoms in total. The lowest BCUT2D eigenvalue weighted by Gasteiger charge is -2.14. The fraction of sp³-hybridized carbons (Fsp3) is 0.600. The third kappa shape index (κ3) is 4.39. The zero-order chi connectivity index (χ0) is 12.8. The molecule has 96 valence electrons. The molecule has 0 aliphatic carbocycles. The first-order valence-corrected chi connectivity index (χ1v) is 6.47. The van der Waals surface area contributed by atoms with Gasteiger partial charge in [0.1, 0.15) is 5.75 Å². The van der Waals surface area contributed by atoms with Crippen LogP contribution in [0.15, 0.2) is 12.1 Å². The normalized spacial score (nSPS) is 12.5. The molecule has 0 radical (unpaired) electrons. The largest absolute Gasteiger partial charge is 0.493 e. The molecular weight excluding hydrogens is 210 g/mol. The molecule has 0 aromatic heterocycles. The molecule has 1 rings (SSSR count). The Kier molecular flexibility index (Phi) is 5.49. The van der Waals surface area contributed by atoms with Crippen LogP contribution in [0.25, 0.3) is 0 Å². The Labute approximate surface area is 105 Å². The molecule has 0 heterocycles. The highest BCUT2D eigenvalue weighted by Gasteiger charge is 2.05. The standard InChI is InChI=1S/C15H25NO/c1-11-8-9-12(2)15(14(11)4)17-10-6-5-7-13(3)16/h8-9,13H,5-7,10,16H2,1-4H3. The van der Waals surface area contributed by atoms with Crippen LogP contribution in [0.2, 0.25) is 0 Å². The van der Waals surface area contributed by atoms with Gasteiger partial charge in [-0.1, -0.05) is 12.1 Å². The van der Waals surface area contributed by atoms with Gasteiger partial charge in [0.2, 0.25) is 0 Å². The molecule has 0 aliphatic heterocycles. The minimum atomic E-state index is 0.303. The van der Waals surface area contributed by atoms with Gasteiger partial charge in [-0.2, -0.15) is 0 Å². The smallest absolute Gasteiger partial charge is 0.125 e. The van der Waals surface area contributed by atoms with Crippen LogP contribution in [0.5, 0.6) is 5.75 Å². The summed E-state index contributed by atoms with van der Waals surface area (Å²) in [5.74, 6) is 1.06. The summed E-state index contributed by atoms with van der Waals surface area (Å²) in [5.41, 5.74) is 9.49. The first-order valence-electron chi connectivity index (χ1n) is 6.47. The maximum Gasteiger partial charge on any atom is 0.125 e. The second-order valence-corrected chi connectivity index (χ2v) is 4.98. The van der Waals surface area contributed by atoms with Gasteiger partial charge in [0, 0.05) is 6.04 Å². The van der Waals surface area contributed by atoms with Crippen LogP contribution in [0.1, 0.15) is 42.9 Å². The third-order valence-corrected chi connectivity index (χ3v) is 3.17. The topological polar surface area (TPSA) is 35.2 Å². The van der Waals surface area contributed by atoms with E-state index in [1.807, 2.05) is 0 Å². The number of nitrogens with two attached hydrogens (primary N) is 1. The van der Waals surface area contributed by atoms with E-state index in [1.54, 1.807) is 0 Å². The second kappa shape index (κ2) is 6.65. The molecule has 0 spiro atoms. The molecule has 0 amide bonds. The Hall–Kier alpha value is -1.02. The Morgan fingerprint density at radius 3 is 2.41 bits per heavy atom. The number of ether oxygens (including phenoxy) is 1.